The van der Waals surface area contributed by atoms with Crippen LogP contribution in [0, 0.1) is 19.7 Å². The normalized spacial score (nSPS) is 10.6. The molecule has 0 aliphatic rings. The molecule has 0 bridgehead atoms. The maximum Gasteiger partial charge on any atom is 0.213 e. The average Bonchev–Trinajstić information content (AvgIpc) is 2.71. The predicted octanol–water partition coefficient (Wildman–Crippen LogP) is 3.02. The molecule has 1 aromatic heterocycles. The molecule has 0 saturated carbocycles. The van der Waals surface area contributed by atoms with Crippen molar-refractivity contribution in [1.82, 2.24) is 4.98 Å². The first-order chi connectivity index (χ1) is 9.51. The van der Waals surface area contributed by atoms with Gasteiger partial charge in [-0.1, -0.05) is 0 Å². The summed E-state index contributed by atoms with van der Waals surface area (Å²) < 4.78 is 24.2. The lowest BCUT2D eigenvalue weighted by atomic mass is 10.2. The van der Waals surface area contributed by atoms with Crippen LogP contribution < -0.4 is 15.8 Å². The summed E-state index contributed by atoms with van der Waals surface area (Å²) in [5.74, 6) is 1.03. The van der Waals surface area contributed by atoms with Crippen molar-refractivity contribution in [1.29, 1.82) is 0 Å². The summed E-state index contributed by atoms with van der Waals surface area (Å²) in [4.78, 5) is 4.26. The molecule has 0 fully saturated rings. The van der Waals surface area contributed by atoms with Gasteiger partial charge in [-0.2, -0.15) is 0 Å². The van der Waals surface area contributed by atoms with Crippen LogP contribution in [0.25, 0.3) is 0 Å². The second-order valence-electron chi connectivity index (χ2n) is 4.41. The number of aromatic nitrogens is 1. The van der Waals surface area contributed by atoms with E-state index in [-0.39, 0.29) is 5.75 Å². The number of ether oxygens (including phenoxy) is 1. The van der Waals surface area contributed by atoms with E-state index in [0.29, 0.717) is 30.4 Å². The van der Waals surface area contributed by atoms with Crippen LogP contribution in [0.1, 0.15) is 24.3 Å². The van der Waals surface area contributed by atoms with Crippen LogP contribution in [-0.2, 0) is 6.54 Å². The van der Waals surface area contributed by atoms with Crippen LogP contribution in [0.3, 0.4) is 0 Å². The number of nitrogen functional groups attached to an aromatic ring is 1. The summed E-state index contributed by atoms with van der Waals surface area (Å²) in [6.07, 6.45) is 0. The van der Waals surface area contributed by atoms with Crippen LogP contribution in [0.4, 0.5) is 15.8 Å². The second-order valence-corrected chi connectivity index (χ2v) is 4.41. The van der Waals surface area contributed by atoms with Gasteiger partial charge in [0.15, 0.2) is 11.6 Å². The van der Waals surface area contributed by atoms with Gasteiger partial charge in [-0.05, 0) is 20.8 Å². The number of halogens is 1. The molecule has 0 aliphatic heterocycles. The minimum Gasteiger partial charge on any atom is -0.491 e. The second kappa shape index (κ2) is 5.81. The molecule has 0 amide bonds. The molecule has 0 radical (unpaired) electrons. The highest BCUT2D eigenvalue weighted by molar-refractivity contribution is 5.68. The summed E-state index contributed by atoms with van der Waals surface area (Å²) in [5, 5.41) is 3.07. The summed E-state index contributed by atoms with van der Waals surface area (Å²) in [5.41, 5.74) is 7.52. The molecule has 3 N–H and O–H groups in total. The smallest absolute Gasteiger partial charge is 0.213 e. The third kappa shape index (κ3) is 3.01. The fraction of sp³-hybridized carbons (Fsp3) is 0.357. The van der Waals surface area contributed by atoms with Crippen LogP contribution in [0.15, 0.2) is 16.5 Å². The van der Waals surface area contributed by atoms with Crippen molar-refractivity contribution < 1.29 is 13.5 Å². The van der Waals surface area contributed by atoms with Gasteiger partial charge in [-0.25, -0.2) is 9.37 Å². The van der Waals surface area contributed by atoms with Crippen molar-refractivity contribution >= 4 is 11.4 Å². The van der Waals surface area contributed by atoms with Crippen LogP contribution >= 0.6 is 0 Å². The number of aryl methyl sites for hydroxylation is 2. The highest BCUT2D eigenvalue weighted by Crippen LogP contribution is 2.28. The van der Waals surface area contributed by atoms with Crippen LogP contribution in [-0.4, -0.2) is 11.6 Å². The van der Waals surface area contributed by atoms with Gasteiger partial charge in [0.25, 0.3) is 0 Å². The average molecular weight is 279 g/mol. The Labute approximate surface area is 116 Å². The lowest BCUT2D eigenvalue weighted by molar-refractivity contribution is 0.322. The minimum atomic E-state index is -0.474. The number of hydrogen-bond acceptors (Lipinski definition) is 5. The first kappa shape index (κ1) is 14.2. The van der Waals surface area contributed by atoms with Crippen molar-refractivity contribution in [3.05, 3.63) is 35.3 Å². The molecule has 108 valence electrons. The Morgan fingerprint density at radius 3 is 2.75 bits per heavy atom. The maximum absolute atomic E-state index is 13.6. The van der Waals surface area contributed by atoms with Gasteiger partial charge in [-0.15, -0.1) is 0 Å². The van der Waals surface area contributed by atoms with E-state index < -0.39 is 5.82 Å². The number of rotatable bonds is 5. The van der Waals surface area contributed by atoms with E-state index in [1.165, 1.54) is 12.1 Å². The SMILES string of the molecule is CCOc1cc(NCc2nc(C)c(C)o2)c(N)cc1F. The summed E-state index contributed by atoms with van der Waals surface area (Å²) in [7, 11) is 0. The van der Waals surface area contributed by atoms with E-state index in [2.05, 4.69) is 10.3 Å². The third-order valence-corrected chi connectivity index (χ3v) is 2.91. The van der Waals surface area contributed by atoms with Crippen LogP contribution in [0.5, 0.6) is 5.75 Å². The molecule has 0 aliphatic carbocycles. The first-order valence-electron chi connectivity index (χ1n) is 6.39. The van der Waals surface area contributed by atoms with Crippen molar-refractivity contribution in [2.75, 3.05) is 17.7 Å². The molecular weight excluding hydrogens is 261 g/mol. The third-order valence-electron chi connectivity index (χ3n) is 2.91. The minimum absolute atomic E-state index is 0.170. The molecule has 0 unspecified atom stereocenters. The number of nitrogens with zero attached hydrogens (tertiary/aromatic N) is 1. The molecule has 0 atom stereocenters. The Morgan fingerprint density at radius 2 is 2.15 bits per heavy atom. The quantitative estimate of drug-likeness (QED) is 0.823. The molecule has 6 heteroatoms. The van der Waals surface area contributed by atoms with E-state index in [4.69, 9.17) is 14.9 Å². The molecule has 0 saturated heterocycles. The number of benzene rings is 1. The zero-order valence-corrected chi connectivity index (χ0v) is 11.8. The number of anilines is 2. The van der Waals surface area contributed by atoms with E-state index in [0.717, 1.165) is 11.5 Å². The van der Waals surface area contributed by atoms with Gasteiger partial charge in [0.05, 0.1) is 30.2 Å². The zero-order valence-electron chi connectivity index (χ0n) is 11.8. The molecule has 2 aromatic rings. The summed E-state index contributed by atoms with van der Waals surface area (Å²) in [6, 6.07) is 2.77. The first-order valence-corrected chi connectivity index (χ1v) is 6.39. The lowest BCUT2D eigenvalue weighted by Gasteiger charge is -2.11. The Kier molecular flexibility index (Phi) is 4.12. The summed E-state index contributed by atoms with van der Waals surface area (Å²) in [6.45, 7) is 6.28. The van der Waals surface area contributed by atoms with E-state index in [1.54, 1.807) is 6.92 Å². The highest BCUT2D eigenvalue weighted by Gasteiger charge is 2.10. The lowest BCUT2D eigenvalue weighted by Crippen LogP contribution is -2.05. The highest BCUT2D eigenvalue weighted by atomic mass is 19.1. The van der Waals surface area contributed by atoms with Gasteiger partial charge in [-0.3, -0.25) is 0 Å². The van der Waals surface area contributed by atoms with Crippen LogP contribution in [0.2, 0.25) is 0 Å². The summed E-state index contributed by atoms with van der Waals surface area (Å²) >= 11 is 0. The van der Waals surface area contributed by atoms with Crippen molar-refractivity contribution in [2.24, 2.45) is 0 Å². The van der Waals surface area contributed by atoms with Gasteiger partial charge in [0.1, 0.15) is 5.76 Å². The molecule has 1 heterocycles. The van der Waals surface area contributed by atoms with E-state index in [1.807, 2.05) is 13.8 Å². The molecule has 2 rings (SSSR count). The number of nitrogens with one attached hydrogen (secondary N) is 1. The fourth-order valence-corrected chi connectivity index (χ4v) is 1.77. The Bertz CT molecular complexity index is 591. The Hall–Kier alpha value is -2.24. The largest absolute Gasteiger partial charge is 0.491 e. The molecule has 20 heavy (non-hydrogen) atoms. The van der Waals surface area contributed by atoms with Gasteiger partial charge in [0, 0.05) is 12.1 Å². The molecule has 1 aromatic carbocycles. The Balaban J connectivity index is 2.14. The Morgan fingerprint density at radius 1 is 1.40 bits per heavy atom. The standard InChI is InChI=1S/C14H18FN3O2/c1-4-19-13-6-12(11(16)5-10(13)15)17-7-14-18-8(2)9(3)20-14/h5-6,17H,4,7,16H2,1-3H3. The van der Waals surface area contributed by atoms with Crippen molar-refractivity contribution in [3.63, 3.8) is 0 Å². The molecular formula is C14H18FN3O2. The topological polar surface area (TPSA) is 73.3 Å². The zero-order chi connectivity index (χ0) is 14.7. The fourth-order valence-electron chi connectivity index (χ4n) is 1.77. The number of oxazole rings is 1. The van der Waals surface area contributed by atoms with Crippen molar-refractivity contribution in [2.45, 2.75) is 27.3 Å². The molecule has 0 spiro atoms. The maximum atomic E-state index is 13.6. The van der Waals surface area contributed by atoms with Gasteiger partial charge < -0.3 is 20.2 Å². The predicted molar refractivity (Wildman–Crippen MR) is 75.3 cm³/mol. The monoisotopic (exact) mass is 279 g/mol. The number of nitrogens with two attached hydrogens (primary N) is 1. The van der Waals surface area contributed by atoms with Gasteiger partial charge in [0.2, 0.25) is 5.89 Å². The van der Waals surface area contributed by atoms with E-state index in [9.17, 15) is 4.39 Å². The molecule has 5 nitrogen and oxygen atoms in total. The van der Waals surface area contributed by atoms with Crippen molar-refractivity contribution in [3.8, 4) is 5.75 Å². The van der Waals surface area contributed by atoms with Gasteiger partial charge >= 0.3 is 0 Å². The van der Waals surface area contributed by atoms with E-state index >= 15 is 0 Å². The number of hydrogen-bond donors (Lipinski definition) is 2.